The quantitative estimate of drug-likeness (QED) is 0.444. The predicted octanol–water partition coefficient (Wildman–Crippen LogP) is 4.04. The maximum atomic E-state index is 12.1. The molecule has 0 fully saturated rings. The van der Waals surface area contributed by atoms with Crippen LogP contribution in [0.3, 0.4) is 0 Å². The van der Waals surface area contributed by atoms with E-state index in [0.29, 0.717) is 21.8 Å². The number of benzene rings is 2. The van der Waals surface area contributed by atoms with E-state index in [9.17, 15) is 4.79 Å². The highest BCUT2D eigenvalue weighted by atomic mass is 35.5. The van der Waals surface area contributed by atoms with E-state index >= 15 is 0 Å². The Bertz CT molecular complexity index is 1130. The number of halogens is 1. The van der Waals surface area contributed by atoms with Gasteiger partial charge in [0.1, 0.15) is 13.6 Å². The van der Waals surface area contributed by atoms with Gasteiger partial charge in [-0.25, -0.2) is 4.79 Å². The summed E-state index contributed by atoms with van der Waals surface area (Å²) in [7, 11) is 1.36. The van der Waals surface area contributed by atoms with Gasteiger partial charge in [-0.15, -0.1) is 5.10 Å². The van der Waals surface area contributed by atoms with E-state index in [-0.39, 0.29) is 0 Å². The van der Waals surface area contributed by atoms with E-state index in [2.05, 4.69) is 15.5 Å². The minimum atomic E-state index is -0.410. The van der Waals surface area contributed by atoms with Crippen LogP contribution in [0.15, 0.2) is 48.5 Å². The molecule has 0 amide bonds. The van der Waals surface area contributed by atoms with Crippen molar-refractivity contribution in [2.24, 2.45) is 0 Å². The lowest BCUT2D eigenvalue weighted by Crippen LogP contribution is -2.04. The standard InChI is InChI=1S/C17H11ClN4O2.C2H6.2CH2O/c1-24-17(23)13-5-3-2-4-12(13)14-8-10-6-7-11(18)9-15(10)22-16(14)19-20-21-22;3*1-2/h2-9H,1H3;1-2H3;2*1H2. The second kappa shape index (κ2) is 12.0. The summed E-state index contributed by atoms with van der Waals surface area (Å²) in [5.41, 5.74) is 3.25. The Hall–Kier alpha value is -3.65. The number of hydrogen-bond donors (Lipinski definition) is 0. The summed E-state index contributed by atoms with van der Waals surface area (Å²) in [6.45, 7) is 8.00. The molecule has 0 bridgehead atoms. The molecule has 4 aromatic rings. The van der Waals surface area contributed by atoms with Crippen LogP contribution in [0.25, 0.3) is 27.7 Å². The van der Waals surface area contributed by atoms with Crippen LogP contribution in [0.1, 0.15) is 24.2 Å². The third kappa shape index (κ3) is 4.84. The number of tetrazole rings is 1. The molecule has 0 radical (unpaired) electrons. The van der Waals surface area contributed by atoms with Gasteiger partial charge in [-0.05, 0) is 34.7 Å². The number of aromatic nitrogens is 4. The smallest absolute Gasteiger partial charge is 0.338 e. The molecule has 156 valence electrons. The first kappa shape index (κ1) is 24.4. The van der Waals surface area contributed by atoms with Crippen molar-refractivity contribution in [1.29, 1.82) is 0 Å². The van der Waals surface area contributed by atoms with Crippen molar-refractivity contribution >= 4 is 47.7 Å². The molecule has 0 saturated heterocycles. The monoisotopic (exact) mass is 428 g/mol. The number of carbonyl (C=O) groups excluding carboxylic acids is 3. The number of rotatable bonds is 2. The van der Waals surface area contributed by atoms with Gasteiger partial charge in [-0.2, -0.15) is 4.52 Å². The number of fused-ring (bicyclic) bond motifs is 3. The second-order valence-electron chi connectivity index (χ2n) is 5.21. The van der Waals surface area contributed by atoms with Crippen molar-refractivity contribution in [2.75, 3.05) is 7.11 Å². The Labute approximate surface area is 178 Å². The van der Waals surface area contributed by atoms with Crippen LogP contribution in [0.4, 0.5) is 0 Å². The molecule has 0 aliphatic rings. The molecule has 0 unspecified atom stereocenters. The summed E-state index contributed by atoms with van der Waals surface area (Å²) >= 11 is 6.09. The third-order valence-electron chi connectivity index (χ3n) is 3.85. The van der Waals surface area contributed by atoms with E-state index < -0.39 is 5.97 Å². The highest BCUT2D eigenvalue weighted by Crippen LogP contribution is 2.31. The molecule has 9 heteroatoms. The molecule has 4 rings (SSSR count). The largest absolute Gasteiger partial charge is 0.465 e. The molecule has 0 aliphatic heterocycles. The highest BCUT2D eigenvalue weighted by molar-refractivity contribution is 6.31. The number of esters is 1. The zero-order chi connectivity index (χ0) is 22.7. The van der Waals surface area contributed by atoms with Gasteiger partial charge in [0, 0.05) is 21.5 Å². The third-order valence-corrected chi connectivity index (χ3v) is 4.09. The van der Waals surface area contributed by atoms with Crippen molar-refractivity contribution in [3.63, 3.8) is 0 Å². The van der Waals surface area contributed by atoms with Crippen LogP contribution in [-0.2, 0) is 14.3 Å². The Kier molecular flexibility index (Phi) is 9.78. The van der Waals surface area contributed by atoms with Gasteiger partial charge in [0.2, 0.25) is 0 Å². The van der Waals surface area contributed by atoms with E-state index in [4.69, 9.17) is 25.9 Å². The molecule has 30 heavy (non-hydrogen) atoms. The summed E-state index contributed by atoms with van der Waals surface area (Å²) in [5.74, 6) is -0.410. The molecular formula is C21H21ClN4O4. The van der Waals surface area contributed by atoms with Crippen molar-refractivity contribution in [1.82, 2.24) is 20.0 Å². The average Bonchev–Trinajstić information content (AvgIpc) is 3.32. The van der Waals surface area contributed by atoms with Gasteiger partial charge in [0.05, 0.1) is 18.2 Å². The van der Waals surface area contributed by atoms with Crippen LogP contribution in [0.2, 0.25) is 5.02 Å². The maximum absolute atomic E-state index is 12.1. The van der Waals surface area contributed by atoms with Crippen molar-refractivity contribution < 1.29 is 19.1 Å². The average molecular weight is 429 g/mol. The summed E-state index contributed by atoms with van der Waals surface area (Å²) in [4.78, 5) is 28.1. The normalized spacial score (nSPS) is 9.33. The van der Waals surface area contributed by atoms with Crippen molar-refractivity contribution in [3.05, 3.63) is 59.1 Å². The predicted molar refractivity (Wildman–Crippen MR) is 116 cm³/mol. The zero-order valence-electron chi connectivity index (χ0n) is 16.8. The number of methoxy groups -OCH3 is 1. The number of carbonyl (C=O) groups is 3. The van der Waals surface area contributed by atoms with Gasteiger partial charge in [-0.1, -0.05) is 49.7 Å². The number of hydrogen-bond acceptors (Lipinski definition) is 7. The first-order chi connectivity index (χ1) is 14.7. The van der Waals surface area contributed by atoms with Crippen LogP contribution in [-0.4, -0.2) is 46.7 Å². The van der Waals surface area contributed by atoms with Crippen molar-refractivity contribution in [2.45, 2.75) is 13.8 Å². The van der Waals surface area contributed by atoms with Crippen molar-refractivity contribution in [3.8, 4) is 11.1 Å². The summed E-state index contributed by atoms with van der Waals surface area (Å²) in [6.07, 6.45) is 0. The molecule has 8 nitrogen and oxygen atoms in total. The fourth-order valence-corrected chi connectivity index (χ4v) is 2.93. The Morgan fingerprint density at radius 1 is 1.00 bits per heavy atom. The second-order valence-corrected chi connectivity index (χ2v) is 5.65. The lowest BCUT2D eigenvalue weighted by atomic mass is 9.99. The summed E-state index contributed by atoms with van der Waals surface area (Å²) < 4.78 is 6.50. The molecular weight excluding hydrogens is 408 g/mol. The van der Waals surface area contributed by atoms with E-state index in [1.165, 1.54) is 7.11 Å². The topological polar surface area (TPSA) is 104 Å². The zero-order valence-corrected chi connectivity index (χ0v) is 17.6. The fourth-order valence-electron chi connectivity index (χ4n) is 2.76. The molecule has 2 heterocycles. The van der Waals surface area contributed by atoms with E-state index in [0.717, 1.165) is 16.5 Å². The van der Waals surface area contributed by atoms with Gasteiger partial charge in [-0.3, -0.25) is 0 Å². The summed E-state index contributed by atoms with van der Waals surface area (Å²) in [5, 5.41) is 13.4. The minimum absolute atomic E-state index is 0.410. The maximum Gasteiger partial charge on any atom is 0.338 e. The number of pyridine rings is 1. The molecule has 0 spiro atoms. The Morgan fingerprint density at radius 2 is 1.67 bits per heavy atom. The first-order valence-corrected chi connectivity index (χ1v) is 9.12. The van der Waals surface area contributed by atoms with Crippen LogP contribution in [0.5, 0.6) is 0 Å². The first-order valence-electron chi connectivity index (χ1n) is 8.75. The highest BCUT2D eigenvalue weighted by Gasteiger charge is 2.18. The molecule has 0 aliphatic carbocycles. The van der Waals surface area contributed by atoms with Gasteiger partial charge >= 0.3 is 5.97 Å². The van der Waals surface area contributed by atoms with E-state index in [1.807, 2.05) is 51.7 Å². The van der Waals surface area contributed by atoms with Gasteiger partial charge < -0.3 is 14.3 Å². The van der Waals surface area contributed by atoms with E-state index in [1.54, 1.807) is 28.8 Å². The Morgan fingerprint density at radius 3 is 2.33 bits per heavy atom. The van der Waals surface area contributed by atoms with Crippen LogP contribution < -0.4 is 0 Å². The Balaban J connectivity index is 0.000000691. The lowest BCUT2D eigenvalue weighted by Gasteiger charge is -2.10. The number of nitrogens with zero attached hydrogens (tertiary/aromatic N) is 4. The number of ether oxygens (including phenoxy) is 1. The molecule has 0 saturated carbocycles. The summed E-state index contributed by atoms with van der Waals surface area (Å²) in [6, 6.07) is 14.6. The van der Waals surface area contributed by atoms with Crippen LogP contribution >= 0.6 is 11.6 Å². The van der Waals surface area contributed by atoms with Crippen LogP contribution in [0, 0.1) is 0 Å². The fraction of sp³-hybridized carbons (Fsp3) is 0.143. The molecule has 2 aromatic carbocycles. The molecule has 0 N–H and O–H groups in total. The van der Waals surface area contributed by atoms with Gasteiger partial charge in [0.25, 0.3) is 0 Å². The SMILES string of the molecule is C=O.C=O.CC.COC(=O)c1ccccc1-c1cc2ccc(Cl)cc2n2nnnc12. The molecule has 0 atom stereocenters. The minimum Gasteiger partial charge on any atom is -0.465 e. The van der Waals surface area contributed by atoms with Gasteiger partial charge in [0.15, 0.2) is 5.65 Å². The molecule has 2 aromatic heterocycles. The lowest BCUT2D eigenvalue weighted by molar-refractivity contribution is -0.0987.